The van der Waals surface area contributed by atoms with Crippen molar-refractivity contribution in [1.29, 1.82) is 0 Å². The van der Waals surface area contributed by atoms with Crippen LogP contribution in [-0.4, -0.2) is 40.4 Å². The molecule has 27 heavy (non-hydrogen) atoms. The van der Waals surface area contributed by atoms with Gasteiger partial charge in [0.2, 0.25) is 0 Å². The SMILES string of the molecule is CNC(=O)c1nn(-c2ccc(OC)cc2)s/c1=N\C(=S)NC1CCCCC1. The molecule has 0 radical (unpaired) electrons. The summed E-state index contributed by atoms with van der Waals surface area (Å²) < 4.78 is 7.32. The Kier molecular flexibility index (Phi) is 6.57. The topological polar surface area (TPSA) is 80.5 Å². The van der Waals surface area contributed by atoms with Gasteiger partial charge >= 0.3 is 0 Å². The summed E-state index contributed by atoms with van der Waals surface area (Å²) in [6.07, 6.45) is 5.90. The molecular formula is C18H23N5O2S2. The lowest BCUT2D eigenvalue weighted by atomic mass is 9.96. The Labute approximate surface area is 167 Å². The first-order chi connectivity index (χ1) is 13.1. The van der Waals surface area contributed by atoms with Crippen molar-refractivity contribution in [2.24, 2.45) is 4.99 Å². The maximum Gasteiger partial charge on any atom is 0.274 e. The van der Waals surface area contributed by atoms with Gasteiger partial charge in [-0.05, 0) is 60.9 Å². The molecule has 3 rings (SSSR count). The highest BCUT2D eigenvalue weighted by Gasteiger charge is 2.17. The van der Waals surface area contributed by atoms with Crippen LogP contribution in [0.25, 0.3) is 5.69 Å². The van der Waals surface area contributed by atoms with Crippen molar-refractivity contribution in [3.8, 4) is 11.4 Å². The van der Waals surface area contributed by atoms with Gasteiger partial charge < -0.3 is 15.4 Å². The quantitative estimate of drug-likeness (QED) is 0.764. The van der Waals surface area contributed by atoms with E-state index in [1.54, 1.807) is 18.2 Å². The van der Waals surface area contributed by atoms with Crippen LogP contribution in [0.2, 0.25) is 0 Å². The highest BCUT2D eigenvalue weighted by atomic mass is 32.1. The van der Waals surface area contributed by atoms with Crippen molar-refractivity contribution in [1.82, 2.24) is 19.8 Å². The minimum Gasteiger partial charge on any atom is -0.497 e. The fourth-order valence-corrected chi connectivity index (χ4v) is 4.16. The molecule has 0 unspecified atom stereocenters. The van der Waals surface area contributed by atoms with Gasteiger partial charge in [0.15, 0.2) is 15.5 Å². The normalized spacial score (nSPS) is 15.4. The Bertz CT molecular complexity index is 867. The molecule has 1 aromatic carbocycles. The molecule has 2 aromatic rings. The molecule has 1 aliphatic carbocycles. The van der Waals surface area contributed by atoms with Gasteiger partial charge in [-0.25, -0.2) is 4.99 Å². The molecule has 0 saturated heterocycles. The molecule has 1 heterocycles. The second-order valence-electron chi connectivity index (χ2n) is 6.29. The Morgan fingerprint density at radius 3 is 2.63 bits per heavy atom. The van der Waals surface area contributed by atoms with Crippen LogP contribution in [0.3, 0.4) is 0 Å². The molecule has 9 heteroatoms. The minimum absolute atomic E-state index is 0.256. The zero-order valence-electron chi connectivity index (χ0n) is 15.4. The summed E-state index contributed by atoms with van der Waals surface area (Å²) in [7, 11) is 3.19. The largest absolute Gasteiger partial charge is 0.497 e. The van der Waals surface area contributed by atoms with Crippen LogP contribution in [-0.2, 0) is 0 Å². The van der Waals surface area contributed by atoms with Gasteiger partial charge in [0.25, 0.3) is 5.91 Å². The average molecular weight is 406 g/mol. The Morgan fingerprint density at radius 1 is 1.30 bits per heavy atom. The molecule has 7 nitrogen and oxygen atoms in total. The number of hydrogen-bond donors (Lipinski definition) is 2. The van der Waals surface area contributed by atoms with E-state index in [0.29, 0.717) is 15.8 Å². The number of nitrogens with one attached hydrogen (secondary N) is 2. The smallest absolute Gasteiger partial charge is 0.274 e. The zero-order chi connectivity index (χ0) is 19.2. The van der Waals surface area contributed by atoms with Gasteiger partial charge in [-0.3, -0.25) is 4.79 Å². The molecule has 0 bridgehead atoms. The van der Waals surface area contributed by atoms with Crippen LogP contribution in [0.4, 0.5) is 0 Å². The van der Waals surface area contributed by atoms with Crippen LogP contribution in [0.5, 0.6) is 5.75 Å². The number of amides is 1. The Balaban J connectivity index is 1.88. The van der Waals surface area contributed by atoms with Gasteiger partial charge in [-0.15, -0.1) is 5.10 Å². The number of aromatic nitrogens is 2. The third-order valence-corrected chi connectivity index (χ3v) is 5.57. The first kappa shape index (κ1) is 19.5. The monoisotopic (exact) mass is 405 g/mol. The van der Waals surface area contributed by atoms with Crippen LogP contribution in [0, 0.1) is 0 Å². The van der Waals surface area contributed by atoms with Gasteiger partial charge in [0.1, 0.15) is 5.75 Å². The van der Waals surface area contributed by atoms with E-state index in [-0.39, 0.29) is 11.6 Å². The van der Waals surface area contributed by atoms with E-state index < -0.39 is 0 Å². The molecule has 1 amide bonds. The number of benzene rings is 1. The molecule has 1 aliphatic rings. The molecule has 1 aromatic heterocycles. The molecule has 1 fully saturated rings. The fraction of sp³-hybridized carbons (Fsp3) is 0.444. The molecular weight excluding hydrogens is 382 g/mol. The molecule has 2 N–H and O–H groups in total. The number of carbonyl (C=O) groups is 1. The number of nitrogens with zero attached hydrogens (tertiary/aromatic N) is 3. The summed E-state index contributed by atoms with van der Waals surface area (Å²) >= 11 is 6.67. The summed E-state index contributed by atoms with van der Waals surface area (Å²) in [6, 6.07) is 7.79. The fourth-order valence-electron chi connectivity index (χ4n) is 2.98. The van der Waals surface area contributed by atoms with Gasteiger partial charge in [0, 0.05) is 13.1 Å². The highest BCUT2D eigenvalue weighted by molar-refractivity contribution is 7.80. The van der Waals surface area contributed by atoms with Crippen molar-refractivity contribution in [3.05, 3.63) is 34.6 Å². The number of carbonyl (C=O) groups excluding carboxylic acids is 1. The van der Waals surface area contributed by atoms with E-state index in [1.165, 1.54) is 30.8 Å². The van der Waals surface area contributed by atoms with Crippen LogP contribution in [0.1, 0.15) is 42.6 Å². The van der Waals surface area contributed by atoms with Crippen molar-refractivity contribution in [3.63, 3.8) is 0 Å². The Morgan fingerprint density at radius 2 is 2.00 bits per heavy atom. The van der Waals surface area contributed by atoms with E-state index in [1.807, 2.05) is 24.3 Å². The van der Waals surface area contributed by atoms with Crippen molar-refractivity contribution in [2.75, 3.05) is 14.2 Å². The number of methoxy groups -OCH3 is 1. The second-order valence-corrected chi connectivity index (χ2v) is 7.59. The third kappa shape index (κ3) is 4.92. The maximum absolute atomic E-state index is 12.2. The van der Waals surface area contributed by atoms with E-state index in [2.05, 4.69) is 20.7 Å². The van der Waals surface area contributed by atoms with Crippen LogP contribution in [0.15, 0.2) is 29.3 Å². The summed E-state index contributed by atoms with van der Waals surface area (Å²) in [6.45, 7) is 0. The summed E-state index contributed by atoms with van der Waals surface area (Å²) in [4.78, 5) is 16.7. The van der Waals surface area contributed by atoms with Crippen LogP contribution >= 0.6 is 23.8 Å². The number of ether oxygens (including phenoxy) is 1. The van der Waals surface area contributed by atoms with Crippen molar-refractivity contribution >= 4 is 34.8 Å². The summed E-state index contributed by atoms with van der Waals surface area (Å²) in [5, 5.41) is 10.7. The van der Waals surface area contributed by atoms with E-state index >= 15 is 0 Å². The lowest BCUT2D eigenvalue weighted by Crippen LogP contribution is -2.35. The predicted octanol–water partition coefficient (Wildman–Crippen LogP) is 2.41. The first-order valence-corrected chi connectivity index (χ1v) is 10.1. The summed E-state index contributed by atoms with van der Waals surface area (Å²) in [5.74, 6) is 0.461. The lowest BCUT2D eigenvalue weighted by molar-refractivity contribution is 0.0956. The predicted molar refractivity (Wildman–Crippen MR) is 110 cm³/mol. The van der Waals surface area contributed by atoms with E-state index in [0.717, 1.165) is 24.3 Å². The number of rotatable bonds is 4. The second kappa shape index (κ2) is 9.09. The summed E-state index contributed by atoms with van der Waals surface area (Å²) in [5.41, 5.74) is 1.07. The minimum atomic E-state index is -0.294. The van der Waals surface area contributed by atoms with Crippen molar-refractivity contribution in [2.45, 2.75) is 38.1 Å². The molecule has 144 valence electrons. The Hall–Kier alpha value is -2.26. The lowest BCUT2D eigenvalue weighted by Gasteiger charge is -2.22. The molecule has 1 saturated carbocycles. The van der Waals surface area contributed by atoms with Crippen LogP contribution < -0.4 is 20.0 Å². The number of hydrogen-bond acceptors (Lipinski definition) is 5. The standard InChI is InChI=1S/C18H23N5O2S2/c1-19-16(24)15-17(21-18(26)20-12-6-4-3-5-7-12)27-23(22-15)13-8-10-14(25-2)11-9-13/h8-12H,3-7H2,1-2H3,(H,19,24)(H,20,26)/b21-17-. The maximum atomic E-state index is 12.2. The van der Waals surface area contributed by atoms with E-state index in [4.69, 9.17) is 17.0 Å². The molecule has 0 spiro atoms. The van der Waals surface area contributed by atoms with Gasteiger partial charge in [-0.1, -0.05) is 19.3 Å². The van der Waals surface area contributed by atoms with Gasteiger partial charge in [0.05, 0.1) is 12.8 Å². The van der Waals surface area contributed by atoms with Gasteiger partial charge in [-0.2, -0.15) is 4.07 Å². The first-order valence-electron chi connectivity index (χ1n) is 8.93. The molecule has 0 aliphatic heterocycles. The zero-order valence-corrected chi connectivity index (χ0v) is 17.0. The molecule has 0 atom stereocenters. The van der Waals surface area contributed by atoms with Crippen molar-refractivity contribution < 1.29 is 9.53 Å². The third-order valence-electron chi connectivity index (χ3n) is 4.44. The van der Waals surface area contributed by atoms with E-state index in [9.17, 15) is 4.79 Å². The highest BCUT2D eigenvalue weighted by Crippen LogP contribution is 2.18. The number of thiocarbonyl (C=S) groups is 1. The average Bonchev–Trinajstić information content (AvgIpc) is 3.11.